The maximum Gasteiger partial charge on any atom is 0.286 e. The average Bonchev–Trinajstić information content (AvgIpc) is 3.31. The van der Waals surface area contributed by atoms with Gasteiger partial charge in [0.1, 0.15) is 5.75 Å². The van der Waals surface area contributed by atoms with Gasteiger partial charge in [-0.15, -0.1) is 0 Å². The number of aromatic amines is 3. The second-order valence-electron chi connectivity index (χ2n) is 5.27. The lowest BCUT2D eigenvalue weighted by molar-refractivity contribution is 0.0991. The number of nitrogens with two attached hydrogens (primary N) is 1. The number of H-pyrrole nitrogens is 3. The average molecular weight is 358 g/mol. The summed E-state index contributed by atoms with van der Waals surface area (Å²) in [6.45, 7) is 0. The summed E-state index contributed by atoms with van der Waals surface area (Å²) in [7, 11) is 1.55. The minimum absolute atomic E-state index is 0.0255. The molecule has 0 radical (unpaired) electrons. The Morgan fingerprint density at radius 1 is 1.36 bits per heavy atom. The molecule has 0 atom stereocenters. The number of methoxy groups -OCH3 is 1. The molecule has 3 aromatic heterocycles. The van der Waals surface area contributed by atoms with Crippen LogP contribution in [-0.4, -0.2) is 43.4 Å². The van der Waals surface area contributed by atoms with Gasteiger partial charge in [0.05, 0.1) is 24.0 Å². The predicted octanol–water partition coefficient (Wildman–Crippen LogP) is 2.10. The van der Waals surface area contributed by atoms with Crippen LogP contribution in [0, 0.1) is 0 Å². The third-order valence-electron chi connectivity index (χ3n) is 3.80. The number of fused-ring (bicyclic) bond motifs is 1. The minimum atomic E-state index is -0.690. The Labute approximate surface area is 145 Å². The Morgan fingerprint density at radius 3 is 2.84 bits per heavy atom. The summed E-state index contributed by atoms with van der Waals surface area (Å²) in [6.07, 6.45) is 3.42. The van der Waals surface area contributed by atoms with Gasteiger partial charge in [-0.1, -0.05) is 11.6 Å². The number of halogens is 1. The number of amides is 1. The van der Waals surface area contributed by atoms with E-state index in [1.54, 1.807) is 25.6 Å². The molecular formula is C15H12ClN7O2. The van der Waals surface area contributed by atoms with Crippen molar-refractivity contribution in [2.75, 3.05) is 7.11 Å². The number of benzene rings is 1. The molecule has 3 heterocycles. The molecule has 0 aliphatic rings. The van der Waals surface area contributed by atoms with E-state index in [4.69, 9.17) is 22.1 Å². The van der Waals surface area contributed by atoms with Crippen LogP contribution in [-0.2, 0) is 0 Å². The molecule has 1 amide bonds. The second-order valence-corrected chi connectivity index (χ2v) is 5.67. The molecule has 0 aliphatic heterocycles. The lowest BCUT2D eigenvalue weighted by atomic mass is 10.0. The van der Waals surface area contributed by atoms with Crippen LogP contribution in [0.4, 0.5) is 0 Å². The van der Waals surface area contributed by atoms with E-state index >= 15 is 0 Å². The van der Waals surface area contributed by atoms with Crippen molar-refractivity contribution in [1.82, 2.24) is 30.4 Å². The van der Waals surface area contributed by atoms with Crippen LogP contribution in [0.25, 0.3) is 33.5 Å². The van der Waals surface area contributed by atoms with Gasteiger partial charge in [0.2, 0.25) is 5.82 Å². The third-order valence-corrected chi connectivity index (χ3v) is 4.10. The molecule has 4 aromatic rings. The first-order chi connectivity index (χ1) is 12.1. The van der Waals surface area contributed by atoms with Crippen molar-refractivity contribution in [2.24, 2.45) is 5.73 Å². The smallest absolute Gasteiger partial charge is 0.286 e. The van der Waals surface area contributed by atoms with Gasteiger partial charge in [0.15, 0.2) is 5.82 Å². The maximum absolute atomic E-state index is 11.3. The standard InChI is InChI=1S/C15H12ClN7O2/c1-25-10-2-7-9(3-8(10)16)20-12(11(7)6-4-18-19-5-6)14-21-15(13(17)24)23-22-14/h2-5,20H,1H3,(H2,17,24)(H,18,19)(H,21,22,23). The van der Waals surface area contributed by atoms with Gasteiger partial charge in [-0.2, -0.15) is 10.2 Å². The molecule has 5 N–H and O–H groups in total. The monoisotopic (exact) mass is 357 g/mol. The Hall–Kier alpha value is -3.33. The van der Waals surface area contributed by atoms with Crippen molar-refractivity contribution in [3.8, 4) is 28.4 Å². The number of ether oxygens (including phenoxy) is 1. The lowest BCUT2D eigenvalue weighted by Crippen LogP contribution is -2.12. The predicted molar refractivity (Wildman–Crippen MR) is 91.3 cm³/mol. The zero-order valence-electron chi connectivity index (χ0n) is 12.9. The van der Waals surface area contributed by atoms with Gasteiger partial charge in [-0.25, -0.2) is 4.98 Å². The summed E-state index contributed by atoms with van der Waals surface area (Å²) in [6, 6.07) is 3.58. The van der Waals surface area contributed by atoms with E-state index in [-0.39, 0.29) is 5.82 Å². The number of hydrogen-bond donors (Lipinski definition) is 4. The first-order valence-electron chi connectivity index (χ1n) is 7.19. The highest BCUT2D eigenvalue weighted by molar-refractivity contribution is 6.33. The zero-order chi connectivity index (χ0) is 17.6. The summed E-state index contributed by atoms with van der Waals surface area (Å²) >= 11 is 6.22. The largest absolute Gasteiger partial charge is 0.495 e. The molecule has 0 spiro atoms. The Balaban J connectivity index is 2.02. The summed E-state index contributed by atoms with van der Waals surface area (Å²) in [5, 5.41) is 14.7. The molecule has 25 heavy (non-hydrogen) atoms. The Morgan fingerprint density at radius 2 is 2.20 bits per heavy atom. The van der Waals surface area contributed by atoms with E-state index in [0.29, 0.717) is 22.3 Å². The molecule has 0 fully saturated rings. The highest BCUT2D eigenvalue weighted by Crippen LogP contribution is 2.40. The highest BCUT2D eigenvalue weighted by Gasteiger charge is 2.21. The van der Waals surface area contributed by atoms with Crippen molar-refractivity contribution in [1.29, 1.82) is 0 Å². The van der Waals surface area contributed by atoms with Gasteiger partial charge in [-0.3, -0.25) is 15.0 Å². The highest BCUT2D eigenvalue weighted by atomic mass is 35.5. The van der Waals surface area contributed by atoms with Crippen LogP contribution in [0.2, 0.25) is 5.02 Å². The van der Waals surface area contributed by atoms with E-state index in [2.05, 4.69) is 30.4 Å². The number of nitrogens with one attached hydrogen (secondary N) is 3. The van der Waals surface area contributed by atoms with Crippen LogP contribution >= 0.6 is 11.6 Å². The molecule has 4 rings (SSSR count). The van der Waals surface area contributed by atoms with Crippen LogP contribution in [0.1, 0.15) is 10.6 Å². The van der Waals surface area contributed by atoms with Crippen LogP contribution in [0.15, 0.2) is 24.5 Å². The quantitative estimate of drug-likeness (QED) is 0.443. The van der Waals surface area contributed by atoms with E-state index in [9.17, 15) is 4.79 Å². The van der Waals surface area contributed by atoms with Gasteiger partial charge >= 0.3 is 0 Å². The summed E-state index contributed by atoms with van der Waals surface area (Å²) in [5.74, 6) is 0.125. The summed E-state index contributed by atoms with van der Waals surface area (Å²) in [5.41, 5.74) is 8.22. The number of nitrogens with zero attached hydrogens (tertiary/aromatic N) is 3. The molecule has 9 nitrogen and oxygen atoms in total. The summed E-state index contributed by atoms with van der Waals surface area (Å²) < 4.78 is 5.31. The number of carbonyl (C=O) groups is 1. The van der Waals surface area contributed by atoms with E-state index < -0.39 is 5.91 Å². The number of carbonyl (C=O) groups excluding carboxylic acids is 1. The van der Waals surface area contributed by atoms with E-state index in [1.165, 1.54) is 0 Å². The van der Waals surface area contributed by atoms with Crippen LogP contribution < -0.4 is 10.5 Å². The number of primary amides is 1. The van der Waals surface area contributed by atoms with E-state index in [0.717, 1.165) is 22.0 Å². The first kappa shape index (κ1) is 15.2. The molecule has 0 bridgehead atoms. The van der Waals surface area contributed by atoms with E-state index in [1.807, 2.05) is 6.07 Å². The molecule has 0 aliphatic carbocycles. The van der Waals surface area contributed by atoms with Crippen LogP contribution in [0.5, 0.6) is 5.75 Å². The molecule has 0 unspecified atom stereocenters. The molecular weight excluding hydrogens is 346 g/mol. The lowest BCUT2D eigenvalue weighted by Gasteiger charge is -2.04. The fourth-order valence-corrected chi connectivity index (χ4v) is 2.93. The number of hydrogen-bond acceptors (Lipinski definition) is 5. The molecule has 0 saturated heterocycles. The number of aromatic nitrogens is 6. The normalized spacial score (nSPS) is 11.1. The van der Waals surface area contributed by atoms with Crippen molar-refractivity contribution in [3.05, 3.63) is 35.4 Å². The SMILES string of the molecule is COc1cc2c(-c3cn[nH]c3)c(-c3n[nH]c(C(N)=O)n3)[nH]c2cc1Cl. The van der Waals surface area contributed by atoms with Gasteiger partial charge in [0, 0.05) is 28.2 Å². The molecule has 126 valence electrons. The Kier molecular flexibility index (Phi) is 3.43. The third kappa shape index (κ3) is 2.41. The topological polar surface area (TPSA) is 138 Å². The van der Waals surface area contributed by atoms with Crippen molar-refractivity contribution >= 4 is 28.4 Å². The molecule has 0 saturated carbocycles. The molecule has 1 aromatic carbocycles. The van der Waals surface area contributed by atoms with Crippen molar-refractivity contribution < 1.29 is 9.53 Å². The van der Waals surface area contributed by atoms with Crippen LogP contribution in [0.3, 0.4) is 0 Å². The maximum atomic E-state index is 11.3. The Bertz CT molecular complexity index is 1080. The minimum Gasteiger partial charge on any atom is -0.495 e. The van der Waals surface area contributed by atoms with Crippen molar-refractivity contribution in [2.45, 2.75) is 0 Å². The fraction of sp³-hybridized carbons (Fsp3) is 0.0667. The second kappa shape index (κ2) is 5.64. The fourth-order valence-electron chi connectivity index (χ4n) is 2.69. The van der Waals surface area contributed by atoms with Gasteiger partial charge in [0.25, 0.3) is 5.91 Å². The number of rotatable bonds is 4. The first-order valence-corrected chi connectivity index (χ1v) is 7.57. The molecule has 10 heteroatoms. The zero-order valence-corrected chi connectivity index (χ0v) is 13.7. The van der Waals surface area contributed by atoms with Crippen molar-refractivity contribution in [3.63, 3.8) is 0 Å². The summed E-state index contributed by atoms with van der Waals surface area (Å²) in [4.78, 5) is 18.7. The van der Waals surface area contributed by atoms with Gasteiger partial charge < -0.3 is 15.5 Å². The van der Waals surface area contributed by atoms with Gasteiger partial charge in [-0.05, 0) is 12.1 Å².